The van der Waals surface area contributed by atoms with E-state index in [4.69, 9.17) is 0 Å². The summed E-state index contributed by atoms with van der Waals surface area (Å²) in [5.41, 5.74) is 1.85. The first kappa shape index (κ1) is 28.5. The van der Waals surface area contributed by atoms with Gasteiger partial charge < -0.3 is 9.88 Å². The van der Waals surface area contributed by atoms with E-state index in [9.17, 15) is 26.7 Å². The van der Waals surface area contributed by atoms with Gasteiger partial charge in [-0.15, -0.1) is 0 Å². The number of aromatic nitrogens is 1. The lowest BCUT2D eigenvalue weighted by molar-refractivity contribution is -0.124. The highest BCUT2D eigenvalue weighted by Gasteiger charge is 2.28. The summed E-state index contributed by atoms with van der Waals surface area (Å²) in [7, 11) is 0. The standard InChI is InChI=1S/C28H39F5N2O/c1-19(26(29)30)13-14-22(15-16-28(31,32)33)25-17-24(27(36)34-23-11-7-4-8-12-23)20(2)35(25)18-21-9-5-3-6-10-21/h13,15,17,21,23,26H,3-12,14,16,18H2,1-2H3,(H,34,36)/b19-13+,22-15+. The highest BCUT2D eigenvalue weighted by Crippen LogP contribution is 2.33. The molecule has 0 unspecified atom stereocenters. The number of amides is 1. The van der Waals surface area contributed by atoms with E-state index in [2.05, 4.69) is 5.32 Å². The van der Waals surface area contributed by atoms with Gasteiger partial charge >= 0.3 is 6.18 Å². The van der Waals surface area contributed by atoms with Gasteiger partial charge in [0.1, 0.15) is 0 Å². The molecule has 3 rings (SSSR count). The van der Waals surface area contributed by atoms with Crippen molar-refractivity contribution in [2.45, 2.75) is 116 Å². The quantitative estimate of drug-likeness (QED) is 0.261. The van der Waals surface area contributed by atoms with Gasteiger partial charge in [-0.1, -0.05) is 50.7 Å². The largest absolute Gasteiger partial charge is 0.392 e. The highest BCUT2D eigenvalue weighted by atomic mass is 19.4. The molecule has 0 atom stereocenters. The van der Waals surface area contributed by atoms with E-state index in [-0.39, 0.29) is 23.9 Å². The maximum atomic E-state index is 13.3. The van der Waals surface area contributed by atoms with Crippen LogP contribution in [0.4, 0.5) is 22.0 Å². The van der Waals surface area contributed by atoms with Crippen LogP contribution < -0.4 is 5.32 Å². The number of rotatable bonds is 9. The first-order chi connectivity index (χ1) is 17.0. The summed E-state index contributed by atoms with van der Waals surface area (Å²) in [6.45, 7) is 3.73. The first-order valence-corrected chi connectivity index (χ1v) is 13.3. The number of nitrogens with one attached hydrogen (secondary N) is 1. The van der Waals surface area contributed by atoms with Crippen molar-refractivity contribution in [3.63, 3.8) is 0 Å². The zero-order valence-electron chi connectivity index (χ0n) is 21.4. The Hall–Kier alpha value is -2.12. The van der Waals surface area contributed by atoms with Gasteiger partial charge in [0.05, 0.1) is 12.0 Å². The van der Waals surface area contributed by atoms with Gasteiger partial charge in [0, 0.05) is 24.0 Å². The average molecular weight is 515 g/mol. The van der Waals surface area contributed by atoms with Crippen molar-refractivity contribution in [3.05, 3.63) is 40.7 Å². The van der Waals surface area contributed by atoms with Crippen LogP contribution >= 0.6 is 0 Å². The smallest absolute Gasteiger partial charge is 0.349 e. The topological polar surface area (TPSA) is 34.0 Å². The third-order valence-corrected chi connectivity index (χ3v) is 7.61. The predicted molar refractivity (Wildman–Crippen MR) is 133 cm³/mol. The van der Waals surface area contributed by atoms with E-state index >= 15 is 0 Å². The molecule has 1 N–H and O–H groups in total. The van der Waals surface area contributed by atoms with Crippen LogP contribution in [-0.4, -0.2) is 29.1 Å². The second-order valence-corrected chi connectivity index (χ2v) is 10.5. The SMILES string of the molecule is C/C(=C\C/C(=C\CC(F)(F)F)c1cc(C(=O)NC2CCCCC2)c(C)n1CC1CCCCC1)C(F)F. The van der Waals surface area contributed by atoms with E-state index in [1.165, 1.54) is 19.4 Å². The fourth-order valence-electron chi connectivity index (χ4n) is 5.41. The molecule has 2 aliphatic carbocycles. The Morgan fingerprint density at radius 3 is 2.25 bits per heavy atom. The van der Waals surface area contributed by atoms with Crippen LogP contribution in [0.2, 0.25) is 0 Å². The molecular formula is C28H39F5N2O. The maximum Gasteiger partial charge on any atom is 0.392 e. The second-order valence-electron chi connectivity index (χ2n) is 10.5. The fourth-order valence-corrected chi connectivity index (χ4v) is 5.41. The molecule has 0 radical (unpaired) electrons. The van der Waals surface area contributed by atoms with E-state index in [1.54, 1.807) is 6.07 Å². The number of nitrogens with zero attached hydrogens (tertiary/aromatic N) is 1. The van der Waals surface area contributed by atoms with Gasteiger partial charge in [-0.05, 0) is 69.1 Å². The van der Waals surface area contributed by atoms with Crippen LogP contribution in [-0.2, 0) is 6.54 Å². The molecule has 1 heterocycles. The molecule has 0 saturated heterocycles. The molecular weight excluding hydrogens is 475 g/mol. The van der Waals surface area contributed by atoms with Gasteiger partial charge in [-0.25, -0.2) is 8.78 Å². The summed E-state index contributed by atoms with van der Waals surface area (Å²) < 4.78 is 67.7. The minimum atomic E-state index is -4.41. The molecule has 1 aromatic heterocycles. The molecule has 202 valence electrons. The monoisotopic (exact) mass is 514 g/mol. The van der Waals surface area contributed by atoms with Crippen molar-refractivity contribution in [1.82, 2.24) is 9.88 Å². The van der Waals surface area contributed by atoms with Crippen molar-refractivity contribution in [3.8, 4) is 0 Å². The van der Waals surface area contributed by atoms with Crippen molar-refractivity contribution >= 4 is 11.5 Å². The van der Waals surface area contributed by atoms with Crippen LogP contribution in [0.1, 0.15) is 106 Å². The van der Waals surface area contributed by atoms with E-state index in [1.807, 2.05) is 11.5 Å². The van der Waals surface area contributed by atoms with Crippen LogP contribution in [0, 0.1) is 12.8 Å². The summed E-state index contributed by atoms with van der Waals surface area (Å²) >= 11 is 0. The van der Waals surface area contributed by atoms with Gasteiger partial charge in [0.15, 0.2) is 0 Å². The van der Waals surface area contributed by atoms with Crippen LogP contribution in [0.3, 0.4) is 0 Å². The van der Waals surface area contributed by atoms with Crippen molar-refractivity contribution in [2.24, 2.45) is 5.92 Å². The molecule has 36 heavy (non-hydrogen) atoms. The zero-order valence-corrected chi connectivity index (χ0v) is 21.4. The lowest BCUT2D eigenvalue weighted by Gasteiger charge is -2.25. The summed E-state index contributed by atoms with van der Waals surface area (Å²) in [4.78, 5) is 13.3. The van der Waals surface area contributed by atoms with Crippen LogP contribution in [0.5, 0.6) is 0 Å². The van der Waals surface area contributed by atoms with E-state index in [0.717, 1.165) is 69.6 Å². The highest BCUT2D eigenvalue weighted by molar-refractivity contribution is 5.96. The molecule has 0 bridgehead atoms. The molecule has 1 amide bonds. The normalized spacial score (nSPS) is 19.2. The second kappa shape index (κ2) is 12.9. The van der Waals surface area contributed by atoms with Crippen molar-refractivity contribution in [2.75, 3.05) is 0 Å². The number of carbonyl (C=O) groups is 1. The number of allylic oxidation sites excluding steroid dienone is 4. The lowest BCUT2D eigenvalue weighted by Crippen LogP contribution is -2.36. The van der Waals surface area contributed by atoms with Gasteiger partial charge in [-0.3, -0.25) is 4.79 Å². The lowest BCUT2D eigenvalue weighted by atomic mass is 9.89. The molecule has 1 aromatic rings. The molecule has 2 fully saturated rings. The minimum Gasteiger partial charge on any atom is -0.349 e. The zero-order chi connectivity index (χ0) is 26.3. The Morgan fingerprint density at radius 1 is 1.06 bits per heavy atom. The molecule has 3 nitrogen and oxygen atoms in total. The molecule has 8 heteroatoms. The van der Waals surface area contributed by atoms with Gasteiger partial charge in [0.2, 0.25) is 0 Å². The Morgan fingerprint density at radius 2 is 1.67 bits per heavy atom. The van der Waals surface area contributed by atoms with E-state index in [0.29, 0.717) is 29.3 Å². The van der Waals surface area contributed by atoms with Crippen molar-refractivity contribution < 1.29 is 26.7 Å². The third-order valence-electron chi connectivity index (χ3n) is 7.61. The molecule has 0 aliphatic heterocycles. The summed E-state index contributed by atoms with van der Waals surface area (Å²) in [6.07, 6.45) is 4.72. The number of halogens is 5. The Labute approximate surface area is 211 Å². The van der Waals surface area contributed by atoms with E-state index < -0.39 is 19.0 Å². The first-order valence-electron chi connectivity index (χ1n) is 13.3. The summed E-state index contributed by atoms with van der Waals surface area (Å²) in [6, 6.07) is 1.78. The van der Waals surface area contributed by atoms with Crippen LogP contribution in [0.25, 0.3) is 5.57 Å². The number of hydrogen-bond donors (Lipinski definition) is 1. The summed E-state index contributed by atoms with van der Waals surface area (Å²) in [5.74, 6) is 0.164. The molecule has 0 aromatic carbocycles. The van der Waals surface area contributed by atoms with Gasteiger partial charge in [-0.2, -0.15) is 13.2 Å². The predicted octanol–water partition coefficient (Wildman–Crippen LogP) is 8.38. The number of carbonyl (C=O) groups excluding carboxylic acids is 1. The van der Waals surface area contributed by atoms with Gasteiger partial charge in [0.25, 0.3) is 12.3 Å². The molecule has 2 aliphatic rings. The molecule has 0 spiro atoms. The Kier molecular flexibility index (Phi) is 10.2. The average Bonchev–Trinajstić information content (AvgIpc) is 3.15. The Bertz CT molecular complexity index is 932. The molecule has 2 saturated carbocycles. The Balaban J connectivity index is 1.99. The van der Waals surface area contributed by atoms with Crippen molar-refractivity contribution in [1.29, 1.82) is 0 Å². The fraction of sp³-hybridized carbons (Fsp3) is 0.679. The van der Waals surface area contributed by atoms with Crippen LogP contribution in [0.15, 0.2) is 23.8 Å². The number of hydrogen-bond acceptors (Lipinski definition) is 1. The maximum absolute atomic E-state index is 13.3. The minimum absolute atomic E-state index is 0.0515. The summed E-state index contributed by atoms with van der Waals surface area (Å²) in [5, 5.41) is 3.12. The third kappa shape index (κ3) is 8.20. The number of alkyl halides is 5.